The number of halogens is 1. The molecule has 4 heteroatoms. The molecule has 17 heavy (non-hydrogen) atoms. The van der Waals surface area contributed by atoms with Crippen molar-refractivity contribution in [3.63, 3.8) is 0 Å². The van der Waals surface area contributed by atoms with E-state index in [1.807, 2.05) is 25.1 Å². The van der Waals surface area contributed by atoms with E-state index in [4.69, 9.17) is 16.7 Å². The normalized spacial score (nSPS) is 10.5. The molecule has 0 atom stereocenters. The van der Waals surface area contributed by atoms with Gasteiger partial charge in [0.2, 0.25) is 0 Å². The first-order chi connectivity index (χ1) is 8.00. The maximum Gasteiger partial charge on any atom is 0.352 e. The standard InChI is InChI=1S/C13H12ClNO2/c1-8-3-4-9(10(14)7-8)11-5-6-12(13(16)17)15(11)2/h3-7H,1-2H3,(H,16,17). The van der Waals surface area contributed by atoms with E-state index in [0.29, 0.717) is 5.02 Å². The van der Waals surface area contributed by atoms with Gasteiger partial charge in [-0.25, -0.2) is 4.79 Å². The van der Waals surface area contributed by atoms with Gasteiger partial charge in [-0.3, -0.25) is 0 Å². The maximum atomic E-state index is 11.0. The molecular formula is C13H12ClNO2. The molecule has 2 aromatic rings. The molecule has 1 aromatic carbocycles. The summed E-state index contributed by atoms with van der Waals surface area (Å²) in [5, 5.41) is 9.61. The monoisotopic (exact) mass is 249 g/mol. The van der Waals surface area contributed by atoms with Gasteiger partial charge < -0.3 is 9.67 Å². The molecule has 0 amide bonds. The summed E-state index contributed by atoms with van der Waals surface area (Å²) < 4.78 is 1.62. The van der Waals surface area contributed by atoms with Crippen LogP contribution in [0.5, 0.6) is 0 Å². The highest BCUT2D eigenvalue weighted by Crippen LogP contribution is 2.29. The van der Waals surface area contributed by atoms with E-state index in [1.54, 1.807) is 23.7 Å². The minimum absolute atomic E-state index is 0.247. The molecule has 2 rings (SSSR count). The van der Waals surface area contributed by atoms with Gasteiger partial charge >= 0.3 is 5.97 Å². The van der Waals surface area contributed by atoms with E-state index in [2.05, 4.69) is 0 Å². The van der Waals surface area contributed by atoms with Crippen molar-refractivity contribution in [3.8, 4) is 11.3 Å². The number of hydrogen-bond acceptors (Lipinski definition) is 1. The zero-order chi connectivity index (χ0) is 12.6. The van der Waals surface area contributed by atoms with Crippen LogP contribution in [0.1, 0.15) is 16.1 Å². The van der Waals surface area contributed by atoms with Crippen LogP contribution in [-0.2, 0) is 7.05 Å². The number of hydrogen-bond donors (Lipinski definition) is 1. The topological polar surface area (TPSA) is 42.2 Å². The minimum atomic E-state index is -0.943. The molecule has 0 bridgehead atoms. The maximum absolute atomic E-state index is 11.0. The lowest BCUT2D eigenvalue weighted by atomic mass is 10.1. The first kappa shape index (κ1) is 11.7. The first-order valence-electron chi connectivity index (χ1n) is 5.16. The van der Waals surface area contributed by atoms with Crippen molar-refractivity contribution in [1.29, 1.82) is 0 Å². The summed E-state index contributed by atoms with van der Waals surface area (Å²) in [7, 11) is 1.72. The second-order valence-electron chi connectivity index (χ2n) is 3.95. The molecule has 0 saturated heterocycles. The average molecular weight is 250 g/mol. The molecule has 0 aliphatic heterocycles. The van der Waals surface area contributed by atoms with E-state index in [1.165, 1.54) is 0 Å². The van der Waals surface area contributed by atoms with Gasteiger partial charge in [-0.2, -0.15) is 0 Å². The SMILES string of the molecule is Cc1ccc(-c2ccc(C(=O)O)n2C)c(Cl)c1. The molecule has 0 spiro atoms. The molecule has 1 heterocycles. The molecule has 0 unspecified atom stereocenters. The van der Waals surface area contributed by atoms with Crippen molar-refractivity contribution in [2.24, 2.45) is 7.05 Å². The largest absolute Gasteiger partial charge is 0.477 e. The minimum Gasteiger partial charge on any atom is -0.477 e. The Balaban J connectivity index is 2.57. The lowest BCUT2D eigenvalue weighted by Crippen LogP contribution is -2.05. The van der Waals surface area contributed by atoms with Crippen LogP contribution < -0.4 is 0 Å². The van der Waals surface area contributed by atoms with Crippen molar-refractivity contribution in [1.82, 2.24) is 4.57 Å². The Hall–Kier alpha value is -1.74. The van der Waals surface area contributed by atoms with Crippen molar-refractivity contribution >= 4 is 17.6 Å². The van der Waals surface area contributed by atoms with Gasteiger partial charge in [-0.15, -0.1) is 0 Å². The fourth-order valence-corrected chi connectivity index (χ4v) is 2.16. The van der Waals surface area contributed by atoms with E-state index < -0.39 is 5.97 Å². The van der Waals surface area contributed by atoms with Crippen molar-refractivity contribution in [3.05, 3.63) is 46.6 Å². The highest BCUT2D eigenvalue weighted by atomic mass is 35.5. The predicted octanol–water partition coefficient (Wildman–Crippen LogP) is 3.35. The number of nitrogens with zero attached hydrogens (tertiary/aromatic N) is 1. The zero-order valence-electron chi connectivity index (χ0n) is 9.57. The molecule has 3 nitrogen and oxygen atoms in total. The zero-order valence-corrected chi connectivity index (χ0v) is 10.3. The van der Waals surface area contributed by atoms with Gasteiger partial charge in [-0.1, -0.05) is 23.7 Å². The average Bonchev–Trinajstić information content (AvgIpc) is 2.60. The molecule has 0 aliphatic rings. The lowest BCUT2D eigenvalue weighted by Gasteiger charge is -2.08. The van der Waals surface area contributed by atoms with E-state index in [-0.39, 0.29) is 5.69 Å². The van der Waals surface area contributed by atoms with Crippen LogP contribution in [0.25, 0.3) is 11.3 Å². The number of aromatic nitrogens is 1. The summed E-state index contributed by atoms with van der Waals surface area (Å²) in [5.41, 5.74) is 2.96. The van der Waals surface area contributed by atoms with E-state index in [0.717, 1.165) is 16.8 Å². The molecule has 1 aromatic heterocycles. The molecule has 88 valence electrons. The third-order valence-electron chi connectivity index (χ3n) is 2.74. The number of rotatable bonds is 2. The first-order valence-corrected chi connectivity index (χ1v) is 5.54. The highest BCUT2D eigenvalue weighted by molar-refractivity contribution is 6.33. The molecule has 0 saturated carbocycles. The Morgan fingerprint density at radius 1 is 1.29 bits per heavy atom. The fraction of sp³-hybridized carbons (Fsp3) is 0.154. The lowest BCUT2D eigenvalue weighted by molar-refractivity contribution is 0.0687. The second kappa shape index (κ2) is 4.26. The quantitative estimate of drug-likeness (QED) is 0.887. The summed E-state index contributed by atoms with van der Waals surface area (Å²) in [6.07, 6.45) is 0. The molecular weight excluding hydrogens is 238 g/mol. The third-order valence-corrected chi connectivity index (χ3v) is 3.05. The Labute approximate surface area is 104 Å². The van der Waals surface area contributed by atoms with Gasteiger partial charge in [0.05, 0.1) is 5.02 Å². The van der Waals surface area contributed by atoms with Crippen LogP contribution in [0.3, 0.4) is 0 Å². The van der Waals surface area contributed by atoms with Crippen LogP contribution in [0.15, 0.2) is 30.3 Å². The van der Waals surface area contributed by atoms with Crippen LogP contribution in [-0.4, -0.2) is 15.6 Å². The van der Waals surface area contributed by atoms with Gasteiger partial charge in [0.25, 0.3) is 0 Å². The highest BCUT2D eigenvalue weighted by Gasteiger charge is 2.13. The van der Waals surface area contributed by atoms with Crippen LogP contribution in [0, 0.1) is 6.92 Å². The van der Waals surface area contributed by atoms with Crippen LogP contribution in [0.4, 0.5) is 0 Å². The number of carboxylic acids is 1. The van der Waals surface area contributed by atoms with Crippen molar-refractivity contribution < 1.29 is 9.90 Å². The molecule has 0 fully saturated rings. The Morgan fingerprint density at radius 3 is 2.53 bits per heavy atom. The van der Waals surface area contributed by atoms with Gasteiger partial charge in [0.1, 0.15) is 5.69 Å². The third kappa shape index (κ3) is 2.06. The van der Waals surface area contributed by atoms with Gasteiger partial charge in [0.15, 0.2) is 0 Å². The van der Waals surface area contributed by atoms with Crippen LogP contribution in [0.2, 0.25) is 5.02 Å². The summed E-state index contributed by atoms with van der Waals surface area (Å²) in [5.74, 6) is -0.943. The van der Waals surface area contributed by atoms with E-state index in [9.17, 15) is 4.79 Å². The fourth-order valence-electron chi connectivity index (χ4n) is 1.82. The summed E-state index contributed by atoms with van der Waals surface area (Å²) in [6.45, 7) is 1.96. The molecule has 1 N–H and O–H groups in total. The van der Waals surface area contributed by atoms with E-state index >= 15 is 0 Å². The summed E-state index contributed by atoms with van der Waals surface area (Å²) in [4.78, 5) is 11.0. The molecule has 0 aliphatic carbocycles. The Morgan fingerprint density at radius 2 is 2.00 bits per heavy atom. The number of benzene rings is 1. The number of aryl methyl sites for hydroxylation is 1. The van der Waals surface area contributed by atoms with Crippen LogP contribution >= 0.6 is 11.6 Å². The van der Waals surface area contributed by atoms with Gasteiger partial charge in [0, 0.05) is 18.3 Å². The second-order valence-corrected chi connectivity index (χ2v) is 4.36. The molecule has 0 radical (unpaired) electrons. The van der Waals surface area contributed by atoms with Gasteiger partial charge in [-0.05, 0) is 30.7 Å². The summed E-state index contributed by atoms with van der Waals surface area (Å²) >= 11 is 6.16. The van der Waals surface area contributed by atoms with Crippen molar-refractivity contribution in [2.75, 3.05) is 0 Å². The summed E-state index contributed by atoms with van der Waals surface area (Å²) in [6, 6.07) is 9.06. The predicted molar refractivity (Wildman–Crippen MR) is 67.6 cm³/mol. The Bertz CT molecular complexity index is 587. The number of aromatic carboxylic acids is 1. The Kier molecular flexibility index (Phi) is 2.94. The number of carbonyl (C=O) groups is 1. The smallest absolute Gasteiger partial charge is 0.352 e. The van der Waals surface area contributed by atoms with Crippen molar-refractivity contribution in [2.45, 2.75) is 6.92 Å². The number of carboxylic acid groups (broad SMARTS) is 1.